The molecule has 24 heavy (non-hydrogen) atoms. The van der Waals surface area contributed by atoms with Crippen LogP contribution in [0.15, 0.2) is 29.6 Å². The zero-order chi connectivity index (χ0) is 18.5. The zero-order valence-electron chi connectivity index (χ0n) is 14.4. The van der Waals surface area contributed by atoms with Crippen molar-refractivity contribution in [2.75, 3.05) is 0 Å². The van der Waals surface area contributed by atoms with Crippen LogP contribution in [0.4, 0.5) is 5.69 Å². The summed E-state index contributed by atoms with van der Waals surface area (Å²) in [4.78, 5) is 22.4. The largest absolute Gasteiger partial charge is 0.365 e. The summed E-state index contributed by atoms with van der Waals surface area (Å²) in [6.07, 6.45) is 0.464. The van der Waals surface area contributed by atoms with Crippen LogP contribution >= 0.6 is 7.60 Å². The first kappa shape index (κ1) is 20.2. The van der Waals surface area contributed by atoms with Crippen LogP contribution in [0.25, 0.3) is 6.08 Å². The Balaban J connectivity index is 3.42. The Labute approximate surface area is 141 Å². The van der Waals surface area contributed by atoms with Gasteiger partial charge in [-0.1, -0.05) is 12.1 Å². The Bertz CT molecular complexity index is 682. The molecule has 0 aliphatic carbocycles. The third kappa shape index (κ3) is 5.67. The number of nitro groups is 1. The highest BCUT2D eigenvalue weighted by Crippen LogP contribution is 2.58. The van der Waals surface area contributed by atoms with Gasteiger partial charge in [-0.05, 0) is 46.3 Å². The summed E-state index contributed by atoms with van der Waals surface area (Å²) < 4.78 is 24.0. The van der Waals surface area contributed by atoms with Crippen LogP contribution in [-0.2, 0) is 18.4 Å². The number of hydrogen-bond acceptors (Lipinski definition) is 6. The molecule has 0 saturated heterocycles. The third-order valence-electron chi connectivity index (χ3n) is 2.74. The molecule has 0 aliphatic heterocycles. The molecule has 0 spiro atoms. The molecule has 7 nitrogen and oxygen atoms in total. The van der Waals surface area contributed by atoms with E-state index in [1.165, 1.54) is 31.2 Å². The van der Waals surface area contributed by atoms with E-state index in [-0.39, 0.29) is 11.0 Å². The van der Waals surface area contributed by atoms with E-state index in [1.54, 1.807) is 33.8 Å². The smallest absolute Gasteiger partial charge is 0.302 e. The van der Waals surface area contributed by atoms with Crippen molar-refractivity contribution in [1.29, 1.82) is 0 Å². The van der Waals surface area contributed by atoms with Crippen LogP contribution in [-0.4, -0.2) is 22.9 Å². The first-order valence-corrected chi connectivity index (χ1v) is 9.04. The predicted molar refractivity (Wildman–Crippen MR) is 91.8 cm³/mol. The molecule has 0 bridgehead atoms. The van der Waals surface area contributed by atoms with Crippen LogP contribution in [0.3, 0.4) is 0 Å². The van der Waals surface area contributed by atoms with E-state index in [4.69, 9.17) is 9.05 Å². The summed E-state index contributed by atoms with van der Waals surface area (Å²) >= 11 is 0. The minimum Gasteiger partial charge on any atom is -0.302 e. The average molecular weight is 355 g/mol. The quantitative estimate of drug-likeness (QED) is 0.293. The van der Waals surface area contributed by atoms with Gasteiger partial charge in [0.15, 0.2) is 5.78 Å². The number of benzene rings is 1. The van der Waals surface area contributed by atoms with Crippen LogP contribution in [0.1, 0.15) is 40.2 Å². The summed E-state index contributed by atoms with van der Waals surface area (Å²) in [5.74, 6) is -0.480. The van der Waals surface area contributed by atoms with Crippen molar-refractivity contribution in [2.24, 2.45) is 0 Å². The molecule has 0 radical (unpaired) electrons. The van der Waals surface area contributed by atoms with Crippen molar-refractivity contribution in [3.05, 3.63) is 45.3 Å². The van der Waals surface area contributed by atoms with E-state index in [0.29, 0.717) is 5.56 Å². The maximum atomic E-state index is 13.1. The second-order valence-corrected chi connectivity index (χ2v) is 7.64. The highest BCUT2D eigenvalue weighted by molar-refractivity contribution is 7.60. The number of nitrogens with zero attached hydrogens (tertiary/aromatic N) is 1. The van der Waals surface area contributed by atoms with E-state index in [1.807, 2.05) is 0 Å². The Morgan fingerprint density at radius 3 is 2.17 bits per heavy atom. The van der Waals surface area contributed by atoms with Crippen molar-refractivity contribution in [3.63, 3.8) is 0 Å². The molecule has 0 aliphatic rings. The van der Waals surface area contributed by atoms with Crippen LogP contribution in [0, 0.1) is 10.1 Å². The Morgan fingerprint density at radius 1 is 1.21 bits per heavy atom. The van der Waals surface area contributed by atoms with E-state index in [2.05, 4.69) is 0 Å². The van der Waals surface area contributed by atoms with Crippen LogP contribution in [0.2, 0.25) is 0 Å². The summed E-state index contributed by atoms with van der Waals surface area (Å²) in [6.45, 7) is 7.98. The number of nitro benzene ring substituents is 1. The second-order valence-electron chi connectivity index (χ2n) is 5.74. The van der Waals surface area contributed by atoms with Gasteiger partial charge in [-0.15, -0.1) is 0 Å². The molecule has 0 N–H and O–H groups in total. The normalized spacial score (nSPS) is 12.7. The average Bonchev–Trinajstić information content (AvgIpc) is 2.42. The molecule has 132 valence electrons. The topological polar surface area (TPSA) is 95.7 Å². The highest BCUT2D eigenvalue weighted by atomic mass is 31.2. The molecular weight excluding hydrogens is 333 g/mol. The molecule has 0 heterocycles. The summed E-state index contributed by atoms with van der Waals surface area (Å²) in [6, 6.07) is 5.68. The fourth-order valence-corrected chi connectivity index (χ4v) is 4.03. The van der Waals surface area contributed by atoms with Gasteiger partial charge < -0.3 is 9.05 Å². The van der Waals surface area contributed by atoms with Crippen molar-refractivity contribution >= 4 is 25.1 Å². The van der Waals surface area contributed by atoms with Gasteiger partial charge in [-0.2, -0.15) is 0 Å². The van der Waals surface area contributed by atoms with Crippen molar-refractivity contribution in [2.45, 2.75) is 46.8 Å². The zero-order valence-corrected chi connectivity index (χ0v) is 15.3. The molecule has 1 rings (SSSR count). The lowest BCUT2D eigenvalue weighted by Crippen LogP contribution is -2.12. The van der Waals surface area contributed by atoms with Gasteiger partial charge in [0.2, 0.25) is 0 Å². The number of carbonyl (C=O) groups is 1. The molecule has 0 saturated carbocycles. The fourth-order valence-electron chi connectivity index (χ4n) is 1.95. The molecule has 0 aromatic heterocycles. The minimum absolute atomic E-state index is 0.129. The van der Waals surface area contributed by atoms with Crippen molar-refractivity contribution in [1.82, 2.24) is 0 Å². The lowest BCUT2D eigenvalue weighted by atomic mass is 10.2. The Hall–Kier alpha value is -1.82. The van der Waals surface area contributed by atoms with Gasteiger partial charge in [0.1, 0.15) is 5.31 Å². The summed E-state index contributed by atoms with van der Waals surface area (Å²) in [7, 11) is -3.86. The molecule has 0 atom stereocenters. The molecule has 1 aromatic rings. The molecule has 8 heteroatoms. The maximum Gasteiger partial charge on any atom is 0.365 e. The molecule has 0 amide bonds. The number of ketones is 1. The Kier molecular flexibility index (Phi) is 7.02. The number of carbonyl (C=O) groups excluding carboxylic acids is 1. The Morgan fingerprint density at radius 2 is 1.75 bits per heavy atom. The molecule has 0 fully saturated rings. The number of non-ortho nitro benzene ring substituents is 1. The minimum atomic E-state index is -3.86. The van der Waals surface area contributed by atoms with Gasteiger partial charge in [0.05, 0.1) is 17.1 Å². The van der Waals surface area contributed by atoms with Crippen molar-refractivity contribution in [3.8, 4) is 0 Å². The van der Waals surface area contributed by atoms with Gasteiger partial charge >= 0.3 is 7.60 Å². The number of allylic oxidation sites excluding steroid dienone is 1. The molecular formula is C16H22NO6P. The lowest BCUT2D eigenvalue weighted by molar-refractivity contribution is -0.384. The number of rotatable bonds is 8. The van der Waals surface area contributed by atoms with E-state index in [9.17, 15) is 19.5 Å². The summed E-state index contributed by atoms with van der Waals surface area (Å²) in [5.41, 5.74) is 0.241. The number of Topliss-reactive ketones (excluding diaryl/α,β-unsaturated/α-hetero) is 1. The van der Waals surface area contributed by atoms with Crippen molar-refractivity contribution < 1.29 is 23.3 Å². The highest BCUT2D eigenvalue weighted by Gasteiger charge is 2.35. The molecule has 1 aromatic carbocycles. The van der Waals surface area contributed by atoms with E-state index < -0.39 is 30.5 Å². The summed E-state index contributed by atoms with van der Waals surface area (Å²) in [5, 5.41) is 10.7. The first-order chi connectivity index (χ1) is 11.0. The van der Waals surface area contributed by atoms with Crippen LogP contribution in [0.5, 0.6) is 0 Å². The second kappa shape index (κ2) is 8.33. The van der Waals surface area contributed by atoms with E-state index in [0.717, 1.165) is 0 Å². The van der Waals surface area contributed by atoms with Gasteiger partial charge in [0.25, 0.3) is 5.69 Å². The standard InChI is InChI=1S/C16H22NO6P/c1-11(2)22-24(21,23-12(3)4)16(13(5)18)10-14-7-6-8-15(9-14)17(19)20/h6-12H,1-5H3/b16-10+. The van der Waals surface area contributed by atoms with E-state index >= 15 is 0 Å². The molecule has 0 unspecified atom stereocenters. The number of hydrogen-bond donors (Lipinski definition) is 0. The SMILES string of the molecule is CC(=O)/C(=C\c1cccc([N+](=O)[O-])c1)P(=O)(OC(C)C)OC(C)C. The van der Waals surface area contributed by atoms with Gasteiger partial charge in [0, 0.05) is 12.1 Å². The van der Waals surface area contributed by atoms with Crippen LogP contribution < -0.4 is 0 Å². The monoisotopic (exact) mass is 355 g/mol. The third-order valence-corrected chi connectivity index (χ3v) is 5.17. The first-order valence-electron chi connectivity index (χ1n) is 7.49. The predicted octanol–water partition coefficient (Wildman–Crippen LogP) is 4.57. The van der Waals surface area contributed by atoms with Gasteiger partial charge in [-0.3, -0.25) is 19.5 Å². The maximum absolute atomic E-state index is 13.1. The lowest BCUT2D eigenvalue weighted by Gasteiger charge is -2.23. The fraction of sp³-hybridized carbons (Fsp3) is 0.438. The van der Waals surface area contributed by atoms with Gasteiger partial charge in [-0.25, -0.2) is 0 Å².